The van der Waals surface area contributed by atoms with Crippen molar-refractivity contribution >= 4 is 5.57 Å². The van der Waals surface area contributed by atoms with Crippen LogP contribution >= 0.6 is 0 Å². The predicted molar refractivity (Wildman–Crippen MR) is 56.5 cm³/mol. The van der Waals surface area contributed by atoms with Crippen molar-refractivity contribution < 1.29 is 0 Å². The van der Waals surface area contributed by atoms with Gasteiger partial charge in [-0.15, -0.1) is 0 Å². The summed E-state index contributed by atoms with van der Waals surface area (Å²) in [5.41, 5.74) is 2.85. The van der Waals surface area contributed by atoms with Gasteiger partial charge < -0.3 is 5.32 Å². The number of nitrogens with one attached hydrogen (secondary N) is 1. The van der Waals surface area contributed by atoms with Crippen LogP contribution in [0.4, 0.5) is 0 Å². The van der Waals surface area contributed by atoms with E-state index in [-0.39, 0.29) is 0 Å². The highest BCUT2D eigenvalue weighted by atomic mass is 14.9. The second kappa shape index (κ2) is 3.75. The highest BCUT2D eigenvalue weighted by Gasteiger charge is 2.08. The molecule has 0 saturated heterocycles. The van der Waals surface area contributed by atoms with E-state index in [1.54, 1.807) is 0 Å². The summed E-state index contributed by atoms with van der Waals surface area (Å²) >= 11 is 0. The van der Waals surface area contributed by atoms with Crippen LogP contribution in [0.2, 0.25) is 0 Å². The summed E-state index contributed by atoms with van der Waals surface area (Å²) < 4.78 is 0. The molecule has 1 aliphatic heterocycles. The molecule has 1 aromatic carbocycles. The Morgan fingerprint density at radius 1 is 1.23 bits per heavy atom. The molecule has 0 aromatic heterocycles. The fourth-order valence-electron chi connectivity index (χ4n) is 1.77. The van der Waals surface area contributed by atoms with Gasteiger partial charge in [-0.25, -0.2) is 0 Å². The minimum absolute atomic E-state index is 0.518. The van der Waals surface area contributed by atoms with E-state index in [9.17, 15) is 0 Å². The Balaban J connectivity index is 2.26. The number of rotatable bonds is 1. The normalized spacial score (nSPS) is 22.5. The summed E-state index contributed by atoms with van der Waals surface area (Å²) in [6, 6.07) is 11.2. The van der Waals surface area contributed by atoms with Crippen molar-refractivity contribution in [2.45, 2.75) is 19.4 Å². The molecule has 0 fully saturated rings. The zero-order chi connectivity index (χ0) is 9.10. The zero-order valence-electron chi connectivity index (χ0n) is 7.96. The maximum atomic E-state index is 3.41. The van der Waals surface area contributed by atoms with Crippen molar-refractivity contribution in [3.05, 3.63) is 42.0 Å². The molecule has 1 N–H and O–H groups in total. The molecule has 1 nitrogen and oxygen atoms in total. The SMILES string of the molecule is CC1C=C(c2ccccc2)CCN1. The topological polar surface area (TPSA) is 12.0 Å². The molecule has 0 bridgehead atoms. The first-order valence-corrected chi connectivity index (χ1v) is 4.86. The largest absolute Gasteiger partial charge is 0.310 e. The number of benzene rings is 1. The smallest absolute Gasteiger partial charge is 0.0227 e. The number of hydrogen-bond acceptors (Lipinski definition) is 1. The summed E-state index contributed by atoms with van der Waals surface area (Å²) in [5, 5.41) is 3.41. The molecule has 13 heavy (non-hydrogen) atoms. The third kappa shape index (κ3) is 1.99. The van der Waals surface area contributed by atoms with Crippen molar-refractivity contribution in [3.63, 3.8) is 0 Å². The minimum Gasteiger partial charge on any atom is -0.310 e. The van der Waals surface area contributed by atoms with Crippen molar-refractivity contribution in [1.82, 2.24) is 5.32 Å². The highest BCUT2D eigenvalue weighted by molar-refractivity contribution is 5.66. The summed E-state index contributed by atoms with van der Waals surface area (Å²) in [6.45, 7) is 3.30. The fraction of sp³-hybridized carbons (Fsp3) is 0.333. The van der Waals surface area contributed by atoms with Gasteiger partial charge in [0.1, 0.15) is 0 Å². The van der Waals surface area contributed by atoms with Crippen LogP contribution in [-0.4, -0.2) is 12.6 Å². The summed E-state index contributed by atoms with van der Waals surface area (Å²) in [6.07, 6.45) is 3.47. The highest BCUT2D eigenvalue weighted by Crippen LogP contribution is 2.20. The van der Waals surface area contributed by atoms with Crippen LogP contribution < -0.4 is 5.32 Å². The monoisotopic (exact) mass is 173 g/mol. The zero-order valence-corrected chi connectivity index (χ0v) is 7.96. The lowest BCUT2D eigenvalue weighted by molar-refractivity contribution is 0.620. The second-order valence-corrected chi connectivity index (χ2v) is 3.55. The van der Waals surface area contributed by atoms with Crippen LogP contribution in [0.3, 0.4) is 0 Å². The first-order valence-electron chi connectivity index (χ1n) is 4.86. The van der Waals surface area contributed by atoms with Crippen LogP contribution in [0.5, 0.6) is 0 Å². The van der Waals surface area contributed by atoms with Gasteiger partial charge in [0.15, 0.2) is 0 Å². The minimum atomic E-state index is 0.518. The second-order valence-electron chi connectivity index (χ2n) is 3.55. The average Bonchev–Trinajstić information content (AvgIpc) is 2.19. The molecule has 68 valence electrons. The molecule has 0 spiro atoms. The first kappa shape index (κ1) is 8.52. The third-order valence-corrected chi connectivity index (χ3v) is 2.46. The van der Waals surface area contributed by atoms with Crippen LogP contribution in [-0.2, 0) is 0 Å². The Kier molecular flexibility index (Phi) is 2.46. The van der Waals surface area contributed by atoms with Crippen LogP contribution in [0.25, 0.3) is 5.57 Å². The van der Waals surface area contributed by atoms with E-state index in [2.05, 4.69) is 48.6 Å². The van der Waals surface area contributed by atoms with Gasteiger partial charge in [0, 0.05) is 6.04 Å². The van der Waals surface area contributed by atoms with E-state index in [1.807, 2.05) is 0 Å². The molecule has 1 atom stereocenters. The van der Waals surface area contributed by atoms with E-state index < -0.39 is 0 Å². The Labute approximate surface area is 79.5 Å². The molecule has 1 unspecified atom stereocenters. The van der Waals surface area contributed by atoms with Gasteiger partial charge in [0.2, 0.25) is 0 Å². The molecular formula is C12H15N. The van der Waals surface area contributed by atoms with E-state index in [0.717, 1.165) is 13.0 Å². The Bertz CT molecular complexity index is 300. The molecule has 0 radical (unpaired) electrons. The summed E-state index contributed by atoms with van der Waals surface area (Å²) in [7, 11) is 0. The average molecular weight is 173 g/mol. The number of hydrogen-bond donors (Lipinski definition) is 1. The maximum Gasteiger partial charge on any atom is 0.0227 e. The van der Waals surface area contributed by atoms with Crippen LogP contribution in [0, 0.1) is 0 Å². The fourth-order valence-corrected chi connectivity index (χ4v) is 1.77. The van der Waals surface area contributed by atoms with E-state index in [0.29, 0.717) is 6.04 Å². The van der Waals surface area contributed by atoms with Gasteiger partial charge in [0.25, 0.3) is 0 Å². The van der Waals surface area contributed by atoms with Crippen LogP contribution in [0.1, 0.15) is 18.9 Å². The lowest BCUT2D eigenvalue weighted by atomic mass is 9.98. The van der Waals surface area contributed by atoms with Gasteiger partial charge in [-0.3, -0.25) is 0 Å². The predicted octanol–water partition coefficient (Wildman–Crippen LogP) is 2.45. The van der Waals surface area contributed by atoms with E-state index in [4.69, 9.17) is 0 Å². The molecule has 2 rings (SSSR count). The van der Waals surface area contributed by atoms with E-state index in [1.165, 1.54) is 11.1 Å². The molecule has 0 amide bonds. The van der Waals surface area contributed by atoms with Gasteiger partial charge in [-0.1, -0.05) is 36.4 Å². The summed E-state index contributed by atoms with van der Waals surface area (Å²) in [5.74, 6) is 0. The standard InChI is InChI=1S/C12H15N/c1-10-9-12(7-8-13-10)11-5-3-2-4-6-11/h2-6,9-10,13H,7-8H2,1H3. The van der Waals surface area contributed by atoms with Crippen molar-refractivity contribution in [2.24, 2.45) is 0 Å². The Morgan fingerprint density at radius 2 is 2.00 bits per heavy atom. The molecule has 1 aliphatic rings. The van der Waals surface area contributed by atoms with Crippen molar-refractivity contribution in [2.75, 3.05) is 6.54 Å². The molecular weight excluding hydrogens is 158 g/mol. The van der Waals surface area contributed by atoms with Crippen molar-refractivity contribution in [3.8, 4) is 0 Å². The molecule has 1 heteroatoms. The summed E-state index contributed by atoms with van der Waals surface area (Å²) in [4.78, 5) is 0. The van der Waals surface area contributed by atoms with Gasteiger partial charge in [-0.05, 0) is 31.0 Å². The lowest BCUT2D eigenvalue weighted by Gasteiger charge is -2.19. The van der Waals surface area contributed by atoms with Gasteiger partial charge >= 0.3 is 0 Å². The quantitative estimate of drug-likeness (QED) is 0.688. The van der Waals surface area contributed by atoms with Gasteiger partial charge in [-0.2, -0.15) is 0 Å². The lowest BCUT2D eigenvalue weighted by Crippen LogP contribution is -2.29. The van der Waals surface area contributed by atoms with Gasteiger partial charge in [0.05, 0.1) is 0 Å². The van der Waals surface area contributed by atoms with Crippen molar-refractivity contribution in [1.29, 1.82) is 0 Å². The molecule has 1 aromatic rings. The first-order chi connectivity index (χ1) is 6.36. The Hall–Kier alpha value is -1.08. The molecule has 1 heterocycles. The maximum absolute atomic E-state index is 3.41. The molecule has 0 saturated carbocycles. The van der Waals surface area contributed by atoms with Crippen LogP contribution in [0.15, 0.2) is 36.4 Å². The van der Waals surface area contributed by atoms with E-state index >= 15 is 0 Å². The third-order valence-electron chi connectivity index (χ3n) is 2.46. The molecule has 0 aliphatic carbocycles. The Morgan fingerprint density at radius 3 is 2.69 bits per heavy atom.